The summed E-state index contributed by atoms with van der Waals surface area (Å²) in [6.07, 6.45) is 2.18. The summed E-state index contributed by atoms with van der Waals surface area (Å²) >= 11 is 0. The van der Waals surface area contributed by atoms with Gasteiger partial charge in [0.05, 0.1) is 19.3 Å². The molecular formula is C20H21N3O3. The van der Waals surface area contributed by atoms with Crippen LogP contribution in [0.1, 0.15) is 22.8 Å². The third-order valence-electron chi connectivity index (χ3n) is 4.10. The first-order valence-electron chi connectivity index (χ1n) is 8.33. The number of nitrogens with one attached hydrogen (secondary N) is 3. The highest BCUT2D eigenvalue weighted by Crippen LogP contribution is 2.23. The van der Waals surface area contributed by atoms with Gasteiger partial charge in [0.15, 0.2) is 0 Å². The van der Waals surface area contributed by atoms with E-state index in [-0.39, 0.29) is 11.8 Å². The lowest BCUT2D eigenvalue weighted by atomic mass is 10.0. The Bertz CT molecular complexity index is 874. The minimum absolute atomic E-state index is 0.155. The number of para-hydroxylation sites is 1. The van der Waals surface area contributed by atoms with Gasteiger partial charge in [0.25, 0.3) is 5.91 Å². The van der Waals surface area contributed by atoms with Gasteiger partial charge in [-0.05, 0) is 43.2 Å². The van der Waals surface area contributed by atoms with Crippen LogP contribution >= 0.6 is 0 Å². The number of amides is 2. The van der Waals surface area contributed by atoms with Crippen molar-refractivity contribution in [3.8, 4) is 5.75 Å². The molecule has 6 nitrogen and oxygen atoms in total. The second kappa shape index (κ2) is 7.74. The number of fused-ring (bicyclic) bond motifs is 1. The van der Waals surface area contributed by atoms with Crippen molar-refractivity contribution in [2.45, 2.75) is 13.3 Å². The molecule has 2 aromatic carbocycles. The van der Waals surface area contributed by atoms with E-state index in [1.54, 1.807) is 31.4 Å². The van der Waals surface area contributed by atoms with Crippen LogP contribution in [0, 0.1) is 0 Å². The fraction of sp³-hybridized carbons (Fsp3) is 0.200. The number of carbonyl (C=O) groups excluding carboxylic acids is 2. The predicted molar refractivity (Wildman–Crippen MR) is 101 cm³/mol. The Kier molecular flexibility index (Phi) is 5.22. The second-order valence-electron chi connectivity index (χ2n) is 6.09. The van der Waals surface area contributed by atoms with Crippen LogP contribution in [0.5, 0.6) is 5.75 Å². The van der Waals surface area contributed by atoms with Gasteiger partial charge in [0.1, 0.15) is 5.75 Å². The number of rotatable bonds is 5. The van der Waals surface area contributed by atoms with Crippen molar-refractivity contribution in [1.29, 1.82) is 0 Å². The summed E-state index contributed by atoms with van der Waals surface area (Å²) < 4.78 is 5.34. The number of carbonyl (C=O) groups is 2. The molecule has 1 heterocycles. The average molecular weight is 351 g/mol. The molecule has 0 atom stereocenters. The van der Waals surface area contributed by atoms with Crippen molar-refractivity contribution >= 4 is 23.2 Å². The van der Waals surface area contributed by atoms with Crippen LogP contribution in [0.3, 0.4) is 0 Å². The fourth-order valence-electron chi connectivity index (χ4n) is 2.88. The maximum Gasteiger partial charge on any atom is 0.254 e. The van der Waals surface area contributed by atoms with Gasteiger partial charge in [0.2, 0.25) is 5.91 Å². The summed E-state index contributed by atoms with van der Waals surface area (Å²) in [4.78, 5) is 24.2. The van der Waals surface area contributed by atoms with Crippen LogP contribution in [0.2, 0.25) is 0 Å². The van der Waals surface area contributed by atoms with Crippen LogP contribution < -0.4 is 20.7 Å². The molecule has 134 valence electrons. The maximum absolute atomic E-state index is 12.3. The van der Waals surface area contributed by atoms with Crippen LogP contribution in [0.4, 0.5) is 11.4 Å². The number of hydrogen-bond acceptors (Lipinski definition) is 4. The van der Waals surface area contributed by atoms with Crippen molar-refractivity contribution in [1.82, 2.24) is 5.32 Å². The van der Waals surface area contributed by atoms with E-state index in [0.717, 1.165) is 22.6 Å². The van der Waals surface area contributed by atoms with Crippen LogP contribution in [-0.4, -0.2) is 25.6 Å². The first-order valence-corrected chi connectivity index (χ1v) is 8.33. The summed E-state index contributed by atoms with van der Waals surface area (Å²) in [6.45, 7) is 2.30. The topological polar surface area (TPSA) is 79.5 Å². The van der Waals surface area contributed by atoms with Crippen molar-refractivity contribution in [3.05, 3.63) is 65.2 Å². The first-order chi connectivity index (χ1) is 12.6. The second-order valence-corrected chi connectivity index (χ2v) is 6.09. The molecule has 0 saturated carbocycles. The van der Waals surface area contributed by atoms with Gasteiger partial charge in [-0.25, -0.2) is 0 Å². The molecule has 0 aliphatic carbocycles. The molecule has 0 radical (unpaired) electrons. The lowest BCUT2D eigenvalue weighted by molar-refractivity contribution is -0.112. The van der Waals surface area contributed by atoms with E-state index in [1.165, 1.54) is 0 Å². The molecule has 3 N–H and O–H groups in total. The van der Waals surface area contributed by atoms with Gasteiger partial charge < -0.3 is 20.7 Å². The molecule has 3 rings (SSSR count). The van der Waals surface area contributed by atoms with Gasteiger partial charge in [-0.1, -0.05) is 23.8 Å². The molecular weight excluding hydrogens is 330 g/mol. The van der Waals surface area contributed by atoms with Crippen molar-refractivity contribution in [3.63, 3.8) is 0 Å². The first kappa shape index (κ1) is 17.5. The molecule has 0 unspecified atom stereocenters. The third-order valence-corrected chi connectivity index (χ3v) is 4.10. The lowest BCUT2D eigenvalue weighted by Crippen LogP contribution is -2.34. The van der Waals surface area contributed by atoms with E-state index < -0.39 is 0 Å². The summed E-state index contributed by atoms with van der Waals surface area (Å²) in [5, 5.41) is 8.58. The van der Waals surface area contributed by atoms with E-state index in [4.69, 9.17) is 4.74 Å². The zero-order chi connectivity index (χ0) is 18.5. The van der Waals surface area contributed by atoms with Gasteiger partial charge in [-0.2, -0.15) is 0 Å². The molecule has 0 saturated heterocycles. The van der Waals surface area contributed by atoms with E-state index in [9.17, 15) is 9.59 Å². The molecule has 0 fully saturated rings. The average Bonchev–Trinajstić information content (AvgIpc) is 2.62. The number of benzene rings is 2. The number of anilines is 2. The smallest absolute Gasteiger partial charge is 0.254 e. The maximum atomic E-state index is 12.3. The molecule has 1 aliphatic rings. The summed E-state index contributed by atoms with van der Waals surface area (Å²) in [6, 6.07) is 12.9. The van der Waals surface area contributed by atoms with E-state index in [0.29, 0.717) is 24.3 Å². The van der Waals surface area contributed by atoms with Crippen molar-refractivity contribution < 1.29 is 14.3 Å². The van der Waals surface area contributed by atoms with E-state index >= 15 is 0 Å². The molecule has 2 amide bonds. The quantitative estimate of drug-likeness (QED) is 0.724. The highest BCUT2D eigenvalue weighted by atomic mass is 16.5. The lowest BCUT2D eigenvalue weighted by Gasteiger charge is -2.19. The normalized spacial score (nSPS) is 13.3. The molecule has 2 aromatic rings. The fourth-order valence-corrected chi connectivity index (χ4v) is 2.88. The van der Waals surface area contributed by atoms with Crippen molar-refractivity contribution in [2.24, 2.45) is 0 Å². The zero-order valence-electron chi connectivity index (χ0n) is 14.8. The van der Waals surface area contributed by atoms with Gasteiger partial charge in [-0.3, -0.25) is 9.59 Å². The Morgan fingerprint density at radius 3 is 2.85 bits per heavy atom. The number of ether oxygens (including phenoxy) is 1. The number of hydrogen-bond donors (Lipinski definition) is 3. The predicted octanol–water partition coefficient (Wildman–Crippen LogP) is 2.94. The van der Waals surface area contributed by atoms with Gasteiger partial charge >= 0.3 is 0 Å². The number of allylic oxidation sites excluding steroid dienone is 1. The molecule has 6 heteroatoms. The standard InChI is InChI=1S/C20H21N3O3/c1-13(9-14-5-3-4-6-18(14)26-2)10-19(24)23-15-7-8-17-16(11-15)20(25)22-12-21-17/h3-8,10-11,21H,9,12H2,1-2H3,(H,22,25)(H,23,24)/b13-10+. The Labute approximate surface area is 152 Å². The highest BCUT2D eigenvalue weighted by Gasteiger charge is 2.16. The summed E-state index contributed by atoms with van der Waals surface area (Å²) in [5.74, 6) is 0.410. The van der Waals surface area contributed by atoms with E-state index in [2.05, 4.69) is 16.0 Å². The monoisotopic (exact) mass is 351 g/mol. The highest BCUT2D eigenvalue weighted by molar-refractivity contribution is 6.04. The Hall–Kier alpha value is -3.28. The largest absolute Gasteiger partial charge is 0.496 e. The van der Waals surface area contributed by atoms with Crippen LogP contribution in [0.25, 0.3) is 0 Å². The Balaban J connectivity index is 1.69. The SMILES string of the molecule is COc1ccccc1C/C(C)=C/C(=O)Nc1ccc2c(c1)C(=O)NCN2. The molecule has 1 aliphatic heterocycles. The minimum atomic E-state index is -0.235. The van der Waals surface area contributed by atoms with E-state index in [1.807, 2.05) is 31.2 Å². The molecule has 0 spiro atoms. The summed E-state index contributed by atoms with van der Waals surface area (Å²) in [5.41, 5.74) is 3.78. The van der Waals surface area contributed by atoms with Crippen LogP contribution in [0.15, 0.2) is 54.1 Å². The van der Waals surface area contributed by atoms with Crippen molar-refractivity contribution in [2.75, 3.05) is 24.4 Å². The van der Waals surface area contributed by atoms with Crippen LogP contribution in [-0.2, 0) is 11.2 Å². The Morgan fingerprint density at radius 2 is 2.04 bits per heavy atom. The van der Waals surface area contributed by atoms with Gasteiger partial charge in [0, 0.05) is 17.5 Å². The summed E-state index contributed by atoms with van der Waals surface area (Å²) in [7, 11) is 1.63. The van der Waals surface area contributed by atoms with Gasteiger partial charge in [-0.15, -0.1) is 0 Å². The molecule has 0 bridgehead atoms. The molecule has 0 aromatic heterocycles. The molecule has 26 heavy (non-hydrogen) atoms. The zero-order valence-corrected chi connectivity index (χ0v) is 14.8. The third kappa shape index (κ3) is 4.03. The number of methoxy groups -OCH3 is 1. The minimum Gasteiger partial charge on any atom is -0.496 e. The Morgan fingerprint density at radius 1 is 1.23 bits per heavy atom.